The van der Waals surface area contributed by atoms with Gasteiger partial charge in [-0.3, -0.25) is 10.1 Å². The Balaban J connectivity index is 0. The summed E-state index contributed by atoms with van der Waals surface area (Å²) in [7, 11) is 0. The summed E-state index contributed by atoms with van der Waals surface area (Å²) in [4.78, 5) is 12.9. The van der Waals surface area contributed by atoms with Crippen molar-refractivity contribution >= 4 is 23.2 Å². The van der Waals surface area contributed by atoms with E-state index in [1.807, 2.05) is 30.3 Å². The number of carbonyl (C=O) groups excluding carboxylic acids is 1. The Morgan fingerprint density at radius 1 is 1.44 bits per heavy atom. The molecule has 5 nitrogen and oxygen atoms in total. The minimum atomic E-state index is -0.438. The summed E-state index contributed by atoms with van der Waals surface area (Å²) < 4.78 is 10.8. The van der Waals surface area contributed by atoms with E-state index >= 15 is 0 Å². The second-order valence-corrected chi connectivity index (χ2v) is 6.48. The van der Waals surface area contributed by atoms with E-state index in [-0.39, 0.29) is 17.0 Å². The summed E-state index contributed by atoms with van der Waals surface area (Å²) in [6, 6.07) is 9.42. The molecule has 2 atom stereocenters. The van der Waals surface area contributed by atoms with Gasteiger partial charge in [-0.15, -0.1) is 0 Å². The molecule has 1 aliphatic rings. The van der Waals surface area contributed by atoms with Gasteiger partial charge in [-0.1, -0.05) is 55.5 Å². The second kappa shape index (κ2) is 10.3. The van der Waals surface area contributed by atoms with E-state index in [0.29, 0.717) is 25.6 Å². The van der Waals surface area contributed by atoms with Gasteiger partial charge in [0, 0.05) is 16.4 Å². The molecule has 1 aliphatic heterocycles. The van der Waals surface area contributed by atoms with Crippen molar-refractivity contribution in [3.8, 4) is 0 Å². The largest absolute Gasteiger partial charge is 0.465 e. The number of rotatable bonds is 9. The highest BCUT2D eigenvalue weighted by Gasteiger charge is 2.20. The molecule has 0 spiro atoms. The number of nitrogens with one attached hydrogen (secondary N) is 2. The van der Waals surface area contributed by atoms with Gasteiger partial charge >= 0.3 is 5.97 Å². The maximum atomic E-state index is 12.2. The molecule has 2 rings (SSSR count). The van der Waals surface area contributed by atoms with E-state index in [1.165, 1.54) is 0 Å². The predicted molar refractivity (Wildman–Crippen MR) is 109 cm³/mol. The molecule has 0 bridgehead atoms. The van der Waals surface area contributed by atoms with Gasteiger partial charge in [0.15, 0.2) is 0 Å². The van der Waals surface area contributed by atoms with Gasteiger partial charge in [0.2, 0.25) is 0 Å². The maximum absolute atomic E-state index is 12.2. The number of thiocarbonyl (C=S) groups is 1. The zero-order valence-electron chi connectivity index (χ0n) is 14.8. The van der Waals surface area contributed by atoms with E-state index in [2.05, 4.69) is 23.6 Å². The van der Waals surface area contributed by atoms with Crippen molar-refractivity contribution in [3.05, 3.63) is 47.5 Å². The van der Waals surface area contributed by atoms with Crippen LogP contribution in [0, 0.1) is 5.92 Å². The second-order valence-electron chi connectivity index (χ2n) is 6.07. The Bertz CT molecular complexity index is 618. The molecule has 2 unspecified atom stereocenters. The number of ether oxygens (including phenoxy) is 2. The molecule has 1 aromatic rings. The van der Waals surface area contributed by atoms with Crippen LogP contribution in [0.4, 0.5) is 0 Å². The number of benzene rings is 1. The van der Waals surface area contributed by atoms with Crippen LogP contribution in [0.1, 0.15) is 23.7 Å². The van der Waals surface area contributed by atoms with E-state index in [0.717, 1.165) is 22.7 Å². The third-order valence-electron chi connectivity index (χ3n) is 3.91. The smallest absolute Gasteiger partial charge is 0.323 e. The molecule has 2 N–H and O–H groups in total. The fourth-order valence-corrected chi connectivity index (χ4v) is 2.82. The summed E-state index contributed by atoms with van der Waals surface area (Å²) in [5.41, 5.74) is 2.06. The fraction of sp³-hybridized carbons (Fsp3) is 0.474. The highest BCUT2D eigenvalue weighted by molar-refractivity contribution is 7.80. The predicted octanol–water partition coefficient (Wildman–Crippen LogP) is 2.96. The van der Waals surface area contributed by atoms with Gasteiger partial charge in [0.1, 0.15) is 11.0 Å². The lowest BCUT2D eigenvalue weighted by atomic mass is 10.0. The van der Waals surface area contributed by atoms with Crippen LogP contribution in [0.3, 0.4) is 0 Å². The molecule has 0 fully saturated rings. The van der Waals surface area contributed by atoms with Gasteiger partial charge in [-0.25, -0.2) is 0 Å². The first-order valence-electron chi connectivity index (χ1n) is 8.60. The normalized spacial score (nSPS) is 18.2. The molecular weight excluding hydrogens is 336 g/mol. The Morgan fingerprint density at radius 2 is 2.20 bits per heavy atom. The molecule has 25 heavy (non-hydrogen) atoms. The summed E-state index contributed by atoms with van der Waals surface area (Å²) >= 11 is 5.29. The lowest BCUT2D eigenvalue weighted by Crippen LogP contribution is -2.41. The number of hydrogen-bond donors (Lipinski definition) is 2. The highest BCUT2D eigenvalue weighted by atomic mass is 32.1. The zero-order chi connectivity index (χ0) is 18.1. The Morgan fingerprint density at radius 3 is 2.92 bits per heavy atom. The van der Waals surface area contributed by atoms with Crippen LogP contribution < -0.4 is 10.6 Å². The van der Waals surface area contributed by atoms with Gasteiger partial charge in [-0.2, -0.15) is 0 Å². The van der Waals surface area contributed by atoms with Crippen LogP contribution >= 0.6 is 12.2 Å². The van der Waals surface area contributed by atoms with Crippen LogP contribution in [0.5, 0.6) is 0 Å². The fourth-order valence-electron chi connectivity index (χ4n) is 2.61. The third kappa shape index (κ3) is 6.57. The third-order valence-corrected chi connectivity index (χ3v) is 4.31. The standard InChI is InChI=1S/C19H26N2O3S.3H2/c1-3-24-19(22)17(10-15-7-5-4-6-8-15)21-13-23-12-16-9-14(2)11-20-18(16)25;;;/h4-9,14,17,21H,3,10-13H2,1-2H3,(H,20,25);3*1H. The molecule has 0 saturated heterocycles. The van der Waals surface area contributed by atoms with E-state index < -0.39 is 6.04 Å². The SMILES string of the molecule is CCOC(=O)C(Cc1ccccc1)NCOCC1=CC(C)CNC1=S.[HH].[HH].[HH]. The van der Waals surface area contributed by atoms with Crippen molar-refractivity contribution in [1.82, 2.24) is 10.6 Å². The van der Waals surface area contributed by atoms with Gasteiger partial charge in [0.05, 0.1) is 19.9 Å². The summed E-state index contributed by atoms with van der Waals surface area (Å²) in [6.07, 6.45) is 2.69. The molecular formula is C19H32N2O3S. The summed E-state index contributed by atoms with van der Waals surface area (Å²) in [5, 5.41) is 6.32. The number of carbonyl (C=O) groups is 1. The molecule has 0 radical (unpaired) electrons. The van der Waals surface area contributed by atoms with E-state index in [4.69, 9.17) is 21.7 Å². The molecule has 0 saturated carbocycles. The molecule has 1 aromatic carbocycles. The number of esters is 1. The molecule has 1 heterocycles. The molecule has 0 aliphatic carbocycles. The van der Waals surface area contributed by atoms with Gasteiger partial charge in [0.25, 0.3) is 0 Å². The van der Waals surface area contributed by atoms with Gasteiger partial charge in [-0.05, 0) is 24.8 Å². The maximum Gasteiger partial charge on any atom is 0.323 e. The van der Waals surface area contributed by atoms with Crippen LogP contribution in [-0.4, -0.2) is 43.5 Å². The van der Waals surface area contributed by atoms with Crippen LogP contribution in [-0.2, 0) is 20.7 Å². The first-order chi connectivity index (χ1) is 12.1. The topological polar surface area (TPSA) is 59.6 Å². The molecule has 142 valence electrons. The van der Waals surface area contributed by atoms with Crippen LogP contribution in [0.2, 0.25) is 0 Å². The van der Waals surface area contributed by atoms with E-state index in [1.54, 1.807) is 6.92 Å². The monoisotopic (exact) mass is 368 g/mol. The lowest BCUT2D eigenvalue weighted by molar-refractivity contribution is -0.146. The quantitative estimate of drug-likeness (QED) is 0.302. The Kier molecular flexibility index (Phi) is 8.04. The Labute approximate surface area is 159 Å². The van der Waals surface area contributed by atoms with Crippen molar-refractivity contribution in [2.45, 2.75) is 26.3 Å². The first-order valence-corrected chi connectivity index (χ1v) is 9.01. The number of hydrogen-bond acceptors (Lipinski definition) is 5. The van der Waals surface area contributed by atoms with Crippen molar-refractivity contribution in [2.75, 3.05) is 26.5 Å². The first kappa shape index (κ1) is 19.6. The zero-order valence-corrected chi connectivity index (χ0v) is 15.6. The van der Waals surface area contributed by atoms with Crippen LogP contribution in [0.25, 0.3) is 0 Å². The van der Waals surface area contributed by atoms with Crippen molar-refractivity contribution in [3.63, 3.8) is 0 Å². The highest BCUT2D eigenvalue weighted by Crippen LogP contribution is 2.10. The van der Waals surface area contributed by atoms with Crippen LogP contribution in [0.15, 0.2) is 42.0 Å². The van der Waals surface area contributed by atoms with Crippen molar-refractivity contribution < 1.29 is 18.5 Å². The molecule has 0 aromatic heterocycles. The Hall–Kier alpha value is -1.76. The lowest BCUT2D eigenvalue weighted by Gasteiger charge is -2.22. The van der Waals surface area contributed by atoms with Crippen molar-refractivity contribution in [1.29, 1.82) is 0 Å². The molecule has 6 heteroatoms. The minimum Gasteiger partial charge on any atom is -0.465 e. The average Bonchev–Trinajstić information content (AvgIpc) is 2.61. The molecule has 0 amide bonds. The van der Waals surface area contributed by atoms with E-state index in [9.17, 15) is 4.79 Å². The van der Waals surface area contributed by atoms with Gasteiger partial charge < -0.3 is 14.8 Å². The summed E-state index contributed by atoms with van der Waals surface area (Å²) in [5.74, 6) is 0.168. The summed E-state index contributed by atoms with van der Waals surface area (Å²) in [6.45, 7) is 5.83. The average molecular weight is 369 g/mol. The van der Waals surface area contributed by atoms with Crippen molar-refractivity contribution in [2.24, 2.45) is 5.92 Å². The minimum absolute atomic E-state index is 0.